The van der Waals surface area contributed by atoms with Crippen LogP contribution in [0, 0.1) is 18.3 Å². The molecule has 1 aromatic carbocycles. The molecule has 3 rings (SSSR count). The Labute approximate surface area is 176 Å². The third-order valence-electron chi connectivity index (χ3n) is 5.31. The maximum Gasteiger partial charge on any atom is 0.256 e. The second kappa shape index (κ2) is 8.66. The van der Waals surface area contributed by atoms with Crippen molar-refractivity contribution < 1.29 is 13.2 Å². The topological polar surface area (TPSA) is 90.3 Å². The molecular weight excluding hydrogens is 406 g/mol. The van der Waals surface area contributed by atoms with Gasteiger partial charge in [0.1, 0.15) is 11.1 Å². The Morgan fingerprint density at radius 1 is 1.24 bits per heavy atom. The lowest BCUT2D eigenvalue weighted by Gasteiger charge is -2.19. The van der Waals surface area contributed by atoms with Crippen LogP contribution in [0.25, 0.3) is 0 Å². The van der Waals surface area contributed by atoms with Crippen LogP contribution in [0.3, 0.4) is 0 Å². The van der Waals surface area contributed by atoms with Crippen molar-refractivity contribution in [1.29, 1.82) is 5.26 Å². The van der Waals surface area contributed by atoms with Gasteiger partial charge in [0.15, 0.2) is 0 Å². The van der Waals surface area contributed by atoms with Crippen molar-refractivity contribution in [3.05, 3.63) is 45.3 Å². The van der Waals surface area contributed by atoms with E-state index in [9.17, 15) is 18.5 Å². The molecule has 0 saturated heterocycles. The minimum absolute atomic E-state index is 0.0999. The Hall–Kier alpha value is -2.21. The third-order valence-corrected chi connectivity index (χ3v) is 8.56. The van der Waals surface area contributed by atoms with Gasteiger partial charge in [0, 0.05) is 23.5 Å². The summed E-state index contributed by atoms with van der Waals surface area (Å²) in [6.45, 7) is 6.06. The van der Waals surface area contributed by atoms with Crippen molar-refractivity contribution in [2.24, 2.45) is 0 Å². The number of anilines is 1. The summed E-state index contributed by atoms with van der Waals surface area (Å²) < 4.78 is 27.0. The van der Waals surface area contributed by atoms with Gasteiger partial charge in [-0.05, 0) is 55.9 Å². The monoisotopic (exact) mass is 431 g/mol. The first-order valence-electron chi connectivity index (χ1n) is 9.80. The number of hydrogen-bond donors (Lipinski definition) is 1. The highest BCUT2D eigenvalue weighted by Gasteiger charge is 2.25. The van der Waals surface area contributed by atoms with Crippen molar-refractivity contribution in [1.82, 2.24) is 4.31 Å². The van der Waals surface area contributed by atoms with Gasteiger partial charge < -0.3 is 5.32 Å². The smallest absolute Gasteiger partial charge is 0.256 e. The lowest BCUT2D eigenvalue weighted by molar-refractivity contribution is 0.102. The summed E-state index contributed by atoms with van der Waals surface area (Å²) in [7, 11) is -3.66. The quantitative estimate of drug-likeness (QED) is 0.746. The summed E-state index contributed by atoms with van der Waals surface area (Å²) in [5.41, 5.74) is 2.57. The Morgan fingerprint density at radius 2 is 1.93 bits per heavy atom. The van der Waals surface area contributed by atoms with E-state index in [1.54, 1.807) is 26.8 Å². The number of carbonyl (C=O) groups excluding carboxylic acids is 1. The predicted molar refractivity (Wildman–Crippen MR) is 115 cm³/mol. The van der Waals surface area contributed by atoms with Crippen LogP contribution in [0.5, 0.6) is 0 Å². The normalized spacial score (nSPS) is 13.8. The van der Waals surface area contributed by atoms with Gasteiger partial charge in [0.2, 0.25) is 10.0 Å². The SMILES string of the molecule is CCN(CC)S(=O)(=O)c1ccc(C)c(C(=O)Nc2sc3c(c2C#N)CCCC3)c1. The van der Waals surface area contributed by atoms with Crippen molar-refractivity contribution in [3.8, 4) is 6.07 Å². The molecule has 0 atom stereocenters. The highest BCUT2D eigenvalue weighted by molar-refractivity contribution is 7.89. The molecule has 1 aromatic heterocycles. The van der Waals surface area contributed by atoms with E-state index in [-0.39, 0.29) is 4.90 Å². The van der Waals surface area contributed by atoms with Crippen LogP contribution >= 0.6 is 11.3 Å². The molecule has 1 heterocycles. The fraction of sp³-hybridized carbons (Fsp3) is 0.429. The Balaban J connectivity index is 1.95. The minimum Gasteiger partial charge on any atom is -0.312 e. The molecular formula is C21H25N3O3S2. The van der Waals surface area contributed by atoms with E-state index in [0.29, 0.717) is 34.8 Å². The molecule has 0 fully saturated rings. The number of nitrogens with zero attached hydrogens (tertiary/aromatic N) is 2. The van der Waals surface area contributed by atoms with E-state index in [4.69, 9.17) is 0 Å². The summed E-state index contributed by atoms with van der Waals surface area (Å²) in [6.07, 6.45) is 3.94. The minimum atomic E-state index is -3.66. The van der Waals surface area contributed by atoms with Crippen LogP contribution in [-0.2, 0) is 22.9 Å². The molecule has 1 aliphatic carbocycles. The second-order valence-corrected chi connectivity index (χ2v) is 10.1. The molecule has 0 saturated carbocycles. The van der Waals surface area contributed by atoms with Crippen LogP contribution in [-0.4, -0.2) is 31.7 Å². The summed E-state index contributed by atoms with van der Waals surface area (Å²) in [6, 6.07) is 6.84. The number of amides is 1. The fourth-order valence-corrected chi connectivity index (χ4v) is 6.38. The molecule has 0 unspecified atom stereocenters. The van der Waals surface area contributed by atoms with Crippen molar-refractivity contribution in [3.63, 3.8) is 0 Å². The van der Waals surface area contributed by atoms with E-state index in [1.165, 1.54) is 27.8 Å². The van der Waals surface area contributed by atoms with Crippen LogP contribution in [0.15, 0.2) is 23.1 Å². The van der Waals surface area contributed by atoms with Crippen molar-refractivity contribution in [2.75, 3.05) is 18.4 Å². The largest absolute Gasteiger partial charge is 0.312 e. The van der Waals surface area contributed by atoms with Crippen LogP contribution in [0.2, 0.25) is 0 Å². The number of nitriles is 1. The Kier molecular flexibility index (Phi) is 6.42. The van der Waals surface area contributed by atoms with Gasteiger partial charge >= 0.3 is 0 Å². The number of sulfonamides is 1. The van der Waals surface area contributed by atoms with Gasteiger partial charge in [-0.1, -0.05) is 19.9 Å². The molecule has 2 aromatic rings. The summed E-state index contributed by atoms with van der Waals surface area (Å²) in [5, 5.41) is 13.0. The van der Waals surface area contributed by atoms with Crippen LogP contribution in [0.1, 0.15) is 58.6 Å². The molecule has 0 aliphatic heterocycles. The van der Waals surface area contributed by atoms with Gasteiger partial charge in [0.25, 0.3) is 5.91 Å². The highest BCUT2D eigenvalue weighted by atomic mass is 32.2. The van der Waals surface area contributed by atoms with Crippen LogP contribution in [0.4, 0.5) is 5.00 Å². The van der Waals surface area contributed by atoms with E-state index in [1.807, 2.05) is 0 Å². The zero-order valence-electron chi connectivity index (χ0n) is 16.9. The van der Waals surface area contributed by atoms with Gasteiger partial charge in [-0.15, -0.1) is 11.3 Å². The zero-order valence-corrected chi connectivity index (χ0v) is 18.5. The lowest BCUT2D eigenvalue weighted by Crippen LogP contribution is -2.30. The van der Waals surface area contributed by atoms with Gasteiger partial charge in [0.05, 0.1) is 10.5 Å². The van der Waals surface area contributed by atoms with Gasteiger partial charge in [-0.25, -0.2) is 8.42 Å². The molecule has 0 spiro atoms. The van der Waals surface area contributed by atoms with E-state index >= 15 is 0 Å². The number of aryl methyl sites for hydroxylation is 2. The third kappa shape index (κ3) is 4.08. The van der Waals surface area contributed by atoms with E-state index in [2.05, 4.69) is 11.4 Å². The average molecular weight is 432 g/mol. The lowest BCUT2D eigenvalue weighted by atomic mass is 9.96. The number of rotatable bonds is 6. The van der Waals surface area contributed by atoms with Gasteiger partial charge in [-0.3, -0.25) is 4.79 Å². The van der Waals surface area contributed by atoms with E-state index in [0.717, 1.165) is 36.1 Å². The second-order valence-electron chi connectivity index (χ2n) is 7.05. The first-order chi connectivity index (χ1) is 13.8. The zero-order chi connectivity index (χ0) is 21.2. The highest BCUT2D eigenvalue weighted by Crippen LogP contribution is 2.38. The van der Waals surface area contributed by atoms with Crippen molar-refractivity contribution in [2.45, 2.75) is 51.3 Å². The Morgan fingerprint density at radius 3 is 2.59 bits per heavy atom. The average Bonchev–Trinajstić information content (AvgIpc) is 3.05. The maximum absolute atomic E-state index is 13.0. The summed E-state index contributed by atoms with van der Waals surface area (Å²) in [4.78, 5) is 14.2. The number of fused-ring (bicyclic) bond motifs is 1. The number of benzene rings is 1. The molecule has 1 aliphatic rings. The molecule has 1 N–H and O–H groups in total. The number of nitrogens with one attached hydrogen (secondary N) is 1. The molecule has 6 nitrogen and oxygen atoms in total. The molecule has 0 radical (unpaired) electrons. The maximum atomic E-state index is 13.0. The molecule has 8 heteroatoms. The number of thiophene rings is 1. The standard InChI is InChI=1S/C21H25N3O3S2/c1-4-24(5-2)29(26,27)15-11-10-14(3)17(12-15)20(25)23-21-18(13-22)16-8-6-7-9-19(16)28-21/h10-12H,4-9H2,1-3H3,(H,23,25). The first-order valence-corrected chi connectivity index (χ1v) is 12.1. The van der Waals surface area contributed by atoms with Gasteiger partial charge in [-0.2, -0.15) is 9.57 Å². The summed E-state index contributed by atoms with van der Waals surface area (Å²) in [5.74, 6) is -0.394. The van der Waals surface area contributed by atoms with Crippen LogP contribution < -0.4 is 5.32 Å². The number of hydrogen-bond acceptors (Lipinski definition) is 5. The fourth-order valence-electron chi connectivity index (χ4n) is 3.66. The molecule has 29 heavy (non-hydrogen) atoms. The van der Waals surface area contributed by atoms with Crippen molar-refractivity contribution >= 4 is 32.3 Å². The molecule has 1 amide bonds. The van der Waals surface area contributed by atoms with E-state index < -0.39 is 15.9 Å². The summed E-state index contributed by atoms with van der Waals surface area (Å²) >= 11 is 1.46. The molecule has 154 valence electrons. The predicted octanol–water partition coefficient (Wildman–Crippen LogP) is 4.09. The first kappa shape index (κ1) is 21.5. The number of carbonyl (C=O) groups is 1. The molecule has 0 bridgehead atoms. The Bertz CT molecular complexity index is 1080.